The van der Waals surface area contributed by atoms with E-state index in [1.54, 1.807) is 13.2 Å². The van der Waals surface area contributed by atoms with E-state index in [1.807, 2.05) is 31.2 Å². The van der Waals surface area contributed by atoms with Gasteiger partial charge in [-0.05, 0) is 36.8 Å². The lowest BCUT2D eigenvalue weighted by molar-refractivity contribution is 0.0711. The maximum Gasteiger partial charge on any atom is 0.284 e. The molecule has 6 nitrogen and oxygen atoms in total. The number of amides is 2. The molecule has 0 radical (unpaired) electrons. The maximum absolute atomic E-state index is 12.2. The Morgan fingerprint density at radius 2 is 1.86 bits per heavy atom. The monoisotopic (exact) mass is 320 g/mol. The minimum atomic E-state index is -0.634. The van der Waals surface area contributed by atoms with Crippen LogP contribution in [0.3, 0.4) is 0 Å². The Hall–Kier alpha value is -2.38. The fraction of sp³-hybridized carbons (Fsp3) is 0.200. The Bertz CT molecular complexity index is 684. The molecule has 1 aromatic heterocycles. The summed E-state index contributed by atoms with van der Waals surface area (Å²) in [7, 11) is 1.59. The first-order valence-electron chi connectivity index (χ1n) is 6.54. The van der Waals surface area contributed by atoms with Crippen LogP contribution in [0.15, 0.2) is 36.4 Å². The largest absolute Gasteiger partial charge is 0.497 e. The lowest BCUT2D eigenvalue weighted by Gasteiger charge is -2.14. The third-order valence-electron chi connectivity index (χ3n) is 3.10. The van der Waals surface area contributed by atoms with Gasteiger partial charge in [-0.2, -0.15) is 0 Å². The van der Waals surface area contributed by atoms with Gasteiger partial charge in [0.25, 0.3) is 11.8 Å². The molecule has 22 heavy (non-hydrogen) atoms. The maximum atomic E-state index is 12.2. The van der Waals surface area contributed by atoms with E-state index in [1.165, 1.54) is 11.5 Å². The van der Waals surface area contributed by atoms with E-state index in [2.05, 4.69) is 5.32 Å². The Labute approximate surface area is 131 Å². The second-order valence-corrected chi connectivity index (χ2v) is 5.66. The number of rotatable bonds is 5. The number of hydroxylamine groups is 1. The van der Waals surface area contributed by atoms with Crippen LogP contribution < -0.4 is 15.5 Å². The lowest BCUT2D eigenvalue weighted by atomic mass is 10.1. The summed E-state index contributed by atoms with van der Waals surface area (Å²) in [5.74, 6) is -0.196. The molecule has 3 N–H and O–H groups in total. The second-order valence-electron chi connectivity index (χ2n) is 4.58. The first-order valence-corrected chi connectivity index (χ1v) is 7.36. The molecule has 2 aromatic rings. The van der Waals surface area contributed by atoms with Gasteiger partial charge in [0.1, 0.15) is 5.75 Å². The first kappa shape index (κ1) is 16.0. The van der Waals surface area contributed by atoms with E-state index in [-0.39, 0.29) is 16.8 Å². The standard InChI is InChI=1S/C15H16N2O4S/c1-9(10-4-3-5-11(8-10)21-2)16-14(18)12-6-7-13(22-12)15(19)17-20/h3-9,20H,1-2H3,(H,16,18)(H,17,19)/t9-/m1/s1. The molecule has 0 bridgehead atoms. The molecule has 0 spiro atoms. The third-order valence-corrected chi connectivity index (χ3v) is 4.18. The van der Waals surface area contributed by atoms with Crippen molar-refractivity contribution in [3.63, 3.8) is 0 Å². The molecule has 2 amide bonds. The molecule has 116 valence electrons. The van der Waals surface area contributed by atoms with Gasteiger partial charge in [0.05, 0.1) is 22.9 Å². The number of hydrogen-bond donors (Lipinski definition) is 3. The fourth-order valence-electron chi connectivity index (χ4n) is 1.90. The number of hydrogen-bond acceptors (Lipinski definition) is 5. The molecule has 0 aliphatic heterocycles. The van der Waals surface area contributed by atoms with E-state index in [0.717, 1.165) is 22.6 Å². The summed E-state index contributed by atoms with van der Waals surface area (Å²) in [4.78, 5) is 24.1. The Morgan fingerprint density at radius 1 is 1.18 bits per heavy atom. The van der Waals surface area contributed by atoms with Crippen LogP contribution in [0.4, 0.5) is 0 Å². The van der Waals surface area contributed by atoms with E-state index in [9.17, 15) is 9.59 Å². The zero-order valence-corrected chi connectivity index (χ0v) is 12.9. The van der Waals surface area contributed by atoms with Gasteiger partial charge in [-0.25, -0.2) is 5.48 Å². The summed E-state index contributed by atoms with van der Waals surface area (Å²) in [5.41, 5.74) is 2.45. The highest BCUT2D eigenvalue weighted by Crippen LogP contribution is 2.21. The van der Waals surface area contributed by atoms with E-state index < -0.39 is 5.91 Å². The quantitative estimate of drug-likeness (QED) is 0.583. The smallest absolute Gasteiger partial charge is 0.284 e. The molecule has 0 aliphatic carbocycles. The van der Waals surface area contributed by atoms with Crippen LogP contribution in [0.25, 0.3) is 0 Å². The minimum Gasteiger partial charge on any atom is -0.497 e. The summed E-state index contributed by atoms with van der Waals surface area (Å²) in [6.07, 6.45) is 0. The average Bonchev–Trinajstić information content (AvgIpc) is 3.04. The fourth-order valence-corrected chi connectivity index (χ4v) is 2.70. The van der Waals surface area contributed by atoms with Crippen LogP contribution in [-0.4, -0.2) is 24.1 Å². The predicted octanol–water partition coefficient (Wildman–Crippen LogP) is 2.37. The Morgan fingerprint density at radius 3 is 2.50 bits per heavy atom. The van der Waals surface area contributed by atoms with Crippen molar-refractivity contribution in [3.05, 3.63) is 51.7 Å². The molecule has 2 rings (SSSR count). The number of nitrogens with one attached hydrogen (secondary N) is 2. The highest BCUT2D eigenvalue weighted by molar-refractivity contribution is 7.15. The van der Waals surface area contributed by atoms with Gasteiger partial charge in [0.15, 0.2) is 0 Å². The van der Waals surface area contributed by atoms with E-state index in [0.29, 0.717) is 4.88 Å². The number of thiophene rings is 1. The van der Waals surface area contributed by atoms with Crippen LogP contribution >= 0.6 is 11.3 Å². The first-order chi connectivity index (χ1) is 10.5. The molecule has 7 heteroatoms. The van der Waals surface area contributed by atoms with Crippen LogP contribution in [0.5, 0.6) is 5.75 Å². The Balaban J connectivity index is 2.07. The van der Waals surface area contributed by atoms with Crippen molar-refractivity contribution in [1.82, 2.24) is 10.8 Å². The zero-order chi connectivity index (χ0) is 16.1. The van der Waals surface area contributed by atoms with Crippen molar-refractivity contribution in [2.24, 2.45) is 0 Å². The van der Waals surface area contributed by atoms with Crippen molar-refractivity contribution >= 4 is 23.2 Å². The molecular formula is C15H16N2O4S. The number of carbonyl (C=O) groups excluding carboxylic acids is 2. The van der Waals surface area contributed by atoms with Crippen molar-refractivity contribution in [3.8, 4) is 5.75 Å². The normalized spacial score (nSPS) is 11.6. The van der Waals surface area contributed by atoms with Crippen LogP contribution in [0, 0.1) is 0 Å². The summed E-state index contributed by atoms with van der Waals surface area (Å²) in [6.45, 7) is 1.86. The van der Waals surface area contributed by atoms with Gasteiger partial charge in [0, 0.05) is 0 Å². The van der Waals surface area contributed by atoms with Gasteiger partial charge in [-0.1, -0.05) is 12.1 Å². The lowest BCUT2D eigenvalue weighted by Crippen LogP contribution is -2.25. The van der Waals surface area contributed by atoms with Crippen molar-refractivity contribution < 1.29 is 19.5 Å². The van der Waals surface area contributed by atoms with Gasteiger partial charge < -0.3 is 10.1 Å². The molecule has 0 saturated carbocycles. The molecule has 0 aliphatic rings. The molecule has 0 unspecified atom stereocenters. The summed E-state index contributed by atoms with van der Waals surface area (Å²) in [5, 5.41) is 11.4. The molecule has 1 aromatic carbocycles. The Kier molecular flexibility index (Phi) is 5.13. The van der Waals surface area contributed by atoms with E-state index in [4.69, 9.17) is 9.94 Å². The summed E-state index contributed by atoms with van der Waals surface area (Å²) < 4.78 is 5.16. The number of methoxy groups -OCH3 is 1. The van der Waals surface area contributed by atoms with Crippen molar-refractivity contribution in [2.75, 3.05) is 7.11 Å². The summed E-state index contributed by atoms with van der Waals surface area (Å²) >= 11 is 1.01. The summed E-state index contributed by atoms with van der Waals surface area (Å²) in [6, 6.07) is 10.3. The minimum absolute atomic E-state index is 0.209. The number of benzene rings is 1. The molecular weight excluding hydrogens is 304 g/mol. The van der Waals surface area contributed by atoms with Gasteiger partial charge in [-0.3, -0.25) is 14.8 Å². The highest BCUT2D eigenvalue weighted by Gasteiger charge is 2.16. The SMILES string of the molecule is COc1cccc([C@@H](C)NC(=O)c2ccc(C(=O)NO)s2)c1. The van der Waals surface area contributed by atoms with Crippen LogP contribution in [-0.2, 0) is 0 Å². The number of ether oxygens (including phenoxy) is 1. The zero-order valence-electron chi connectivity index (χ0n) is 12.1. The van der Waals surface area contributed by atoms with Gasteiger partial charge in [-0.15, -0.1) is 11.3 Å². The molecule has 0 fully saturated rings. The van der Waals surface area contributed by atoms with Crippen LogP contribution in [0.2, 0.25) is 0 Å². The van der Waals surface area contributed by atoms with Crippen molar-refractivity contribution in [2.45, 2.75) is 13.0 Å². The van der Waals surface area contributed by atoms with Gasteiger partial charge in [0.2, 0.25) is 0 Å². The second kappa shape index (κ2) is 7.06. The molecule has 0 saturated heterocycles. The molecule has 1 heterocycles. The van der Waals surface area contributed by atoms with Gasteiger partial charge >= 0.3 is 0 Å². The number of carbonyl (C=O) groups is 2. The average molecular weight is 320 g/mol. The predicted molar refractivity (Wildman–Crippen MR) is 82.4 cm³/mol. The third kappa shape index (κ3) is 3.63. The van der Waals surface area contributed by atoms with Crippen LogP contribution in [0.1, 0.15) is 37.9 Å². The topological polar surface area (TPSA) is 87.7 Å². The molecule has 1 atom stereocenters. The highest BCUT2D eigenvalue weighted by atomic mass is 32.1. The van der Waals surface area contributed by atoms with Crippen molar-refractivity contribution in [1.29, 1.82) is 0 Å². The van der Waals surface area contributed by atoms with E-state index >= 15 is 0 Å².